The molecule has 3 aromatic rings. The van der Waals surface area contributed by atoms with Crippen LogP contribution in [0.2, 0.25) is 0 Å². The Hall–Kier alpha value is -3.48. The third-order valence-electron chi connectivity index (χ3n) is 5.28. The number of alkyl halides is 3. The second kappa shape index (κ2) is 9.57. The van der Waals surface area contributed by atoms with Gasteiger partial charge in [-0.15, -0.1) is 0 Å². The molecule has 0 bridgehead atoms. The summed E-state index contributed by atoms with van der Waals surface area (Å²) < 4.78 is 52.1. The Labute approximate surface area is 188 Å². The minimum Gasteiger partial charge on any atom is -0.481 e. The lowest BCUT2D eigenvalue weighted by Gasteiger charge is -2.18. The highest BCUT2D eigenvalue weighted by Crippen LogP contribution is 2.34. The van der Waals surface area contributed by atoms with Crippen LogP contribution in [-0.2, 0) is 11.0 Å². The van der Waals surface area contributed by atoms with Crippen molar-refractivity contribution in [3.8, 4) is 11.1 Å². The van der Waals surface area contributed by atoms with E-state index in [4.69, 9.17) is 0 Å². The molecule has 0 saturated carbocycles. The van der Waals surface area contributed by atoms with Gasteiger partial charge in [0, 0.05) is 11.1 Å². The van der Waals surface area contributed by atoms with Crippen LogP contribution in [0.3, 0.4) is 0 Å². The Balaban J connectivity index is 2.14. The Kier molecular flexibility index (Phi) is 7.01. The zero-order chi connectivity index (χ0) is 24.3. The maximum absolute atomic E-state index is 13.3. The van der Waals surface area contributed by atoms with E-state index in [1.54, 1.807) is 6.07 Å². The minimum absolute atomic E-state index is 0.0528. The van der Waals surface area contributed by atoms with Crippen molar-refractivity contribution in [3.63, 3.8) is 0 Å². The molecule has 0 amide bonds. The third kappa shape index (κ3) is 5.86. The summed E-state index contributed by atoms with van der Waals surface area (Å²) in [6, 6.07) is 14.0. The monoisotopic (exact) mass is 458 g/mol. The zero-order valence-corrected chi connectivity index (χ0v) is 18.0. The van der Waals surface area contributed by atoms with Crippen molar-refractivity contribution in [2.75, 3.05) is 0 Å². The lowest BCUT2D eigenvalue weighted by molar-refractivity contribution is -0.139. The van der Waals surface area contributed by atoms with Gasteiger partial charge in [0.05, 0.1) is 11.5 Å². The smallest absolute Gasteiger partial charge is 0.416 e. The van der Waals surface area contributed by atoms with Crippen molar-refractivity contribution in [1.29, 1.82) is 0 Å². The Morgan fingerprint density at radius 2 is 1.45 bits per heavy atom. The van der Waals surface area contributed by atoms with E-state index >= 15 is 0 Å². The van der Waals surface area contributed by atoms with Crippen molar-refractivity contribution in [3.05, 3.63) is 94.8 Å². The first-order valence-electron chi connectivity index (χ1n) is 10.3. The molecule has 0 aliphatic carbocycles. The molecule has 0 aromatic heterocycles. The van der Waals surface area contributed by atoms with Crippen LogP contribution in [0.5, 0.6) is 0 Å². The average molecular weight is 458 g/mol. The van der Waals surface area contributed by atoms with E-state index in [0.717, 1.165) is 24.3 Å². The highest BCUT2D eigenvalue weighted by Gasteiger charge is 2.30. The number of carboxylic acids is 1. The van der Waals surface area contributed by atoms with Crippen molar-refractivity contribution in [1.82, 2.24) is 0 Å². The number of hydrogen-bond donors (Lipinski definition) is 1. The molecule has 1 atom stereocenters. The predicted molar refractivity (Wildman–Crippen MR) is 117 cm³/mol. The van der Waals surface area contributed by atoms with Crippen molar-refractivity contribution in [2.24, 2.45) is 5.92 Å². The maximum Gasteiger partial charge on any atom is 0.416 e. The van der Waals surface area contributed by atoms with Crippen LogP contribution in [0, 0.1) is 11.7 Å². The summed E-state index contributed by atoms with van der Waals surface area (Å²) in [5.74, 6) is -2.86. The molecule has 172 valence electrons. The van der Waals surface area contributed by atoms with Gasteiger partial charge in [-0.25, -0.2) is 4.39 Å². The highest BCUT2D eigenvalue weighted by atomic mass is 19.4. The molecule has 33 heavy (non-hydrogen) atoms. The maximum atomic E-state index is 13.3. The van der Waals surface area contributed by atoms with E-state index < -0.39 is 35.2 Å². The van der Waals surface area contributed by atoms with Crippen LogP contribution in [0.1, 0.15) is 53.2 Å². The Morgan fingerprint density at radius 1 is 0.848 bits per heavy atom. The number of rotatable bonds is 7. The average Bonchev–Trinajstić information content (AvgIpc) is 2.76. The number of benzene rings is 3. The van der Waals surface area contributed by atoms with Gasteiger partial charge >= 0.3 is 12.1 Å². The summed E-state index contributed by atoms with van der Waals surface area (Å²) in [5.41, 5.74) is 0.771. The molecule has 0 heterocycles. The van der Waals surface area contributed by atoms with Crippen LogP contribution >= 0.6 is 0 Å². The number of aliphatic carboxylic acids is 1. The van der Waals surface area contributed by atoms with Gasteiger partial charge in [0.2, 0.25) is 0 Å². The quantitative estimate of drug-likeness (QED) is 0.308. The summed E-state index contributed by atoms with van der Waals surface area (Å²) in [4.78, 5) is 25.1. The van der Waals surface area contributed by atoms with Crippen LogP contribution in [0.15, 0.2) is 66.7 Å². The molecule has 1 N–H and O–H groups in total. The Morgan fingerprint density at radius 3 is 1.97 bits per heavy atom. The fraction of sp³-hybridized carbons (Fsp3) is 0.231. The van der Waals surface area contributed by atoms with E-state index in [1.165, 1.54) is 36.4 Å². The van der Waals surface area contributed by atoms with E-state index in [2.05, 4.69) is 0 Å². The Bertz CT molecular complexity index is 1150. The molecule has 0 fully saturated rings. The van der Waals surface area contributed by atoms with Crippen molar-refractivity contribution >= 4 is 11.8 Å². The predicted octanol–water partition coefficient (Wildman–Crippen LogP) is 6.96. The number of carbonyl (C=O) groups excluding carboxylic acids is 1. The molecule has 1 unspecified atom stereocenters. The normalized spacial score (nSPS) is 12.6. The fourth-order valence-electron chi connectivity index (χ4n) is 3.62. The minimum atomic E-state index is -4.49. The molecule has 0 spiro atoms. The molecule has 0 radical (unpaired) electrons. The molecular formula is C26H22F4O3. The topological polar surface area (TPSA) is 54.4 Å². The molecular weight excluding hydrogens is 436 g/mol. The lowest BCUT2D eigenvalue weighted by Crippen LogP contribution is -2.15. The van der Waals surface area contributed by atoms with E-state index in [0.29, 0.717) is 23.1 Å². The first kappa shape index (κ1) is 24.2. The number of ketones is 1. The second-order valence-electron chi connectivity index (χ2n) is 8.28. The zero-order valence-electron chi connectivity index (χ0n) is 18.0. The summed E-state index contributed by atoms with van der Waals surface area (Å²) in [6.07, 6.45) is -4.17. The molecule has 0 aliphatic heterocycles. The number of carboxylic acid groups (broad SMARTS) is 1. The van der Waals surface area contributed by atoms with E-state index in [-0.39, 0.29) is 17.0 Å². The van der Waals surface area contributed by atoms with Gasteiger partial charge in [-0.1, -0.05) is 32.0 Å². The standard InChI is InChI=1S/C26H22F4O3/c1-15(2)11-23(25(32)33)19-12-18(16-3-7-21(8-4-16)26(28,29)30)13-20(14-19)24(31)17-5-9-22(27)10-6-17/h3-10,12-15,23H,11H2,1-2H3,(H,32,33). The first-order valence-corrected chi connectivity index (χ1v) is 10.3. The number of halogens is 4. The van der Waals surface area contributed by atoms with Crippen LogP contribution in [-0.4, -0.2) is 16.9 Å². The first-order chi connectivity index (χ1) is 15.5. The van der Waals surface area contributed by atoms with E-state index in [9.17, 15) is 32.3 Å². The van der Waals surface area contributed by atoms with Gasteiger partial charge in [-0.3, -0.25) is 9.59 Å². The largest absolute Gasteiger partial charge is 0.481 e. The van der Waals surface area contributed by atoms with Gasteiger partial charge in [0.25, 0.3) is 0 Å². The van der Waals surface area contributed by atoms with Gasteiger partial charge < -0.3 is 5.11 Å². The van der Waals surface area contributed by atoms with Gasteiger partial charge in [0.1, 0.15) is 5.82 Å². The molecule has 0 aliphatic rings. The molecule has 3 aromatic carbocycles. The molecule has 3 rings (SSSR count). The SMILES string of the molecule is CC(C)CC(C(=O)O)c1cc(C(=O)c2ccc(F)cc2)cc(-c2ccc(C(F)(F)F)cc2)c1. The van der Waals surface area contributed by atoms with E-state index in [1.807, 2.05) is 13.8 Å². The lowest BCUT2D eigenvalue weighted by atomic mass is 9.86. The van der Waals surface area contributed by atoms with Crippen molar-refractivity contribution in [2.45, 2.75) is 32.4 Å². The van der Waals surface area contributed by atoms with Gasteiger partial charge in [0.15, 0.2) is 5.78 Å². The van der Waals surface area contributed by atoms with Gasteiger partial charge in [-0.2, -0.15) is 13.2 Å². The fourth-order valence-corrected chi connectivity index (χ4v) is 3.62. The second-order valence-corrected chi connectivity index (χ2v) is 8.28. The van der Waals surface area contributed by atoms with Crippen LogP contribution in [0.25, 0.3) is 11.1 Å². The van der Waals surface area contributed by atoms with Crippen molar-refractivity contribution < 1.29 is 32.3 Å². The highest BCUT2D eigenvalue weighted by molar-refractivity contribution is 6.09. The molecule has 3 nitrogen and oxygen atoms in total. The summed E-state index contributed by atoms with van der Waals surface area (Å²) in [5, 5.41) is 9.79. The van der Waals surface area contributed by atoms with Gasteiger partial charge in [-0.05, 0) is 77.6 Å². The van der Waals surface area contributed by atoms with Crippen LogP contribution < -0.4 is 0 Å². The van der Waals surface area contributed by atoms with Crippen LogP contribution in [0.4, 0.5) is 17.6 Å². The molecule has 0 saturated heterocycles. The number of hydrogen-bond acceptors (Lipinski definition) is 2. The summed E-state index contributed by atoms with van der Waals surface area (Å²) in [7, 11) is 0. The summed E-state index contributed by atoms with van der Waals surface area (Å²) >= 11 is 0. The third-order valence-corrected chi connectivity index (χ3v) is 5.28. The molecule has 7 heteroatoms. The number of carbonyl (C=O) groups is 2. The summed E-state index contributed by atoms with van der Waals surface area (Å²) in [6.45, 7) is 3.75.